The van der Waals surface area contributed by atoms with Crippen molar-refractivity contribution in [3.05, 3.63) is 28.8 Å². The standard InChI is InChI=1S/C15H25N3O/c1-10-11(2)14(19-4)6-5-12(10)15(16)13-9-17-7-8-18(13)3/h5-6,13,15,17H,7-9,16H2,1-4H3. The molecular weight excluding hydrogens is 238 g/mol. The molecule has 19 heavy (non-hydrogen) atoms. The van der Waals surface area contributed by atoms with E-state index in [4.69, 9.17) is 10.5 Å². The molecule has 0 aliphatic carbocycles. The average molecular weight is 263 g/mol. The summed E-state index contributed by atoms with van der Waals surface area (Å²) in [7, 11) is 3.86. The fraction of sp³-hybridized carbons (Fsp3) is 0.600. The van der Waals surface area contributed by atoms with Gasteiger partial charge in [-0.2, -0.15) is 0 Å². The van der Waals surface area contributed by atoms with Gasteiger partial charge in [0.05, 0.1) is 7.11 Å². The van der Waals surface area contributed by atoms with Gasteiger partial charge in [-0.3, -0.25) is 4.90 Å². The van der Waals surface area contributed by atoms with Crippen molar-refractivity contribution >= 4 is 0 Å². The van der Waals surface area contributed by atoms with Gasteiger partial charge < -0.3 is 15.8 Å². The van der Waals surface area contributed by atoms with E-state index in [1.54, 1.807) is 7.11 Å². The Morgan fingerprint density at radius 2 is 2.11 bits per heavy atom. The Morgan fingerprint density at radius 1 is 1.37 bits per heavy atom. The number of nitrogens with zero attached hydrogens (tertiary/aromatic N) is 1. The summed E-state index contributed by atoms with van der Waals surface area (Å²) in [5, 5.41) is 3.43. The Kier molecular flexibility index (Phi) is 4.45. The summed E-state index contributed by atoms with van der Waals surface area (Å²) >= 11 is 0. The van der Waals surface area contributed by atoms with E-state index in [9.17, 15) is 0 Å². The summed E-state index contributed by atoms with van der Waals surface area (Å²) in [4.78, 5) is 2.35. The molecule has 4 heteroatoms. The number of hydrogen-bond donors (Lipinski definition) is 2. The number of nitrogens with one attached hydrogen (secondary N) is 1. The summed E-state index contributed by atoms with van der Waals surface area (Å²) in [5.74, 6) is 0.934. The van der Waals surface area contributed by atoms with Gasteiger partial charge in [-0.1, -0.05) is 6.07 Å². The summed E-state index contributed by atoms with van der Waals surface area (Å²) in [6.45, 7) is 7.26. The average Bonchev–Trinajstić information content (AvgIpc) is 2.41. The van der Waals surface area contributed by atoms with Crippen molar-refractivity contribution in [2.24, 2.45) is 5.73 Å². The maximum atomic E-state index is 6.50. The first-order valence-corrected chi connectivity index (χ1v) is 6.87. The van der Waals surface area contributed by atoms with E-state index in [-0.39, 0.29) is 6.04 Å². The fourth-order valence-electron chi connectivity index (χ4n) is 2.83. The Hall–Kier alpha value is -1.10. The van der Waals surface area contributed by atoms with Gasteiger partial charge in [0.1, 0.15) is 5.75 Å². The van der Waals surface area contributed by atoms with Gasteiger partial charge in [0, 0.05) is 31.7 Å². The molecule has 1 aromatic rings. The van der Waals surface area contributed by atoms with E-state index in [0.29, 0.717) is 6.04 Å². The number of methoxy groups -OCH3 is 1. The second kappa shape index (κ2) is 5.90. The number of nitrogens with two attached hydrogens (primary N) is 1. The minimum atomic E-state index is 0.0300. The van der Waals surface area contributed by atoms with E-state index in [0.717, 1.165) is 25.4 Å². The summed E-state index contributed by atoms with van der Waals surface area (Å²) in [5.41, 5.74) is 10.1. The maximum Gasteiger partial charge on any atom is 0.122 e. The van der Waals surface area contributed by atoms with Crippen molar-refractivity contribution in [2.45, 2.75) is 25.9 Å². The maximum absolute atomic E-state index is 6.50. The van der Waals surface area contributed by atoms with Crippen LogP contribution in [0, 0.1) is 13.8 Å². The van der Waals surface area contributed by atoms with Crippen LogP contribution in [-0.4, -0.2) is 44.7 Å². The van der Waals surface area contributed by atoms with Crippen molar-refractivity contribution < 1.29 is 4.74 Å². The van der Waals surface area contributed by atoms with Gasteiger partial charge in [-0.05, 0) is 43.7 Å². The molecule has 2 atom stereocenters. The molecule has 1 heterocycles. The van der Waals surface area contributed by atoms with Crippen molar-refractivity contribution in [3.8, 4) is 5.75 Å². The molecule has 2 unspecified atom stereocenters. The Balaban J connectivity index is 2.28. The van der Waals surface area contributed by atoms with Crippen molar-refractivity contribution in [1.29, 1.82) is 0 Å². The largest absolute Gasteiger partial charge is 0.496 e. The molecule has 1 aromatic carbocycles. The molecule has 106 valence electrons. The van der Waals surface area contributed by atoms with E-state index in [2.05, 4.69) is 37.2 Å². The summed E-state index contributed by atoms with van der Waals surface area (Å²) in [6, 6.07) is 4.50. The van der Waals surface area contributed by atoms with E-state index in [1.165, 1.54) is 16.7 Å². The van der Waals surface area contributed by atoms with Crippen molar-refractivity contribution in [1.82, 2.24) is 10.2 Å². The van der Waals surface area contributed by atoms with Gasteiger partial charge in [0.25, 0.3) is 0 Å². The quantitative estimate of drug-likeness (QED) is 0.861. The second-order valence-electron chi connectivity index (χ2n) is 5.38. The van der Waals surface area contributed by atoms with Crippen LogP contribution < -0.4 is 15.8 Å². The van der Waals surface area contributed by atoms with Crippen LogP contribution in [0.25, 0.3) is 0 Å². The first-order valence-electron chi connectivity index (χ1n) is 6.87. The molecule has 1 aliphatic rings. The predicted octanol–water partition coefficient (Wildman–Crippen LogP) is 1.22. The molecule has 1 aliphatic heterocycles. The van der Waals surface area contributed by atoms with Crippen molar-refractivity contribution in [3.63, 3.8) is 0 Å². The van der Waals surface area contributed by atoms with Crippen LogP contribution in [0.2, 0.25) is 0 Å². The minimum Gasteiger partial charge on any atom is -0.496 e. The van der Waals surface area contributed by atoms with Crippen LogP contribution in [0.5, 0.6) is 5.75 Å². The lowest BCUT2D eigenvalue weighted by atomic mass is 9.91. The molecule has 0 bridgehead atoms. The van der Waals surface area contributed by atoms with Crippen molar-refractivity contribution in [2.75, 3.05) is 33.8 Å². The lowest BCUT2D eigenvalue weighted by molar-refractivity contribution is 0.174. The molecule has 0 spiro atoms. The molecule has 3 N–H and O–H groups in total. The molecule has 4 nitrogen and oxygen atoms in total. The first kappa shape index (κ1) is 14.3. The first-order chi connectivity index (χ1) is 9.06. The number of benzene rings is 1. The van der Waals surface area contributed by atoms with Gasteiger partial charge in [0.2, 0.25) is 0 Å². The molecule has 1 saturated heterocycles. The van der Waals surface area contributed by atoms with Crippen LogP contribution >= 0.6 is 0 Å². The number of rotatable bonds is 3. The monoisotopic (exact) mass is 263 g/mol. The van der Waals surface area contributed by atoms with E-state index in [1.807, 2.05) is 6.07 Å². The lowest BCUT2D eigenvalue weighted by Gasteiger charge is -2.37. The Bertz CT molecular complexity index is 447. The Labute approximate surface area is 115 Å². The highest BCUT2D eigenvalue weighted by atomic mass is 16.5. The van der Waals surface area contributed by atoms with Crippen LogP contribution in [-0.2, 0) is 0 Å². The normalized spacial score (nSPS) is 22.3. The predicted molar refractivity (Wildman–Crippen MR) is 78.7 cm³/mol. The van der Waals surface area contributed by atoms with E-state index >= 15 is 0 Å². The fourth-order valence-corrected chi connectivity index (χ4v) is 2.83. The SMILES string of the molecule is COc1ccc(C(N)C2CNCCN2C)c(C)c1C. The van der Waals surface area contributed by atoms with Crippen LogP contribution in [0.4, 0.5) is 0 Å². The van der Waals surface area contributed by atoms with Crippen LogP contribution in [0.1, 0.15) is 22.7 Å². The molecule has 0 amide bonds. The van der Waals surface area contributed by atoms with Crippen LogP contribution in [0.15, 0.2) is 12.1 Å². The molecule has 0 saturated carbocycles. The molecular formula is C15H25N3O. The van der Waals surface area contributed by atoms with Crippen LogP contribution in [0.3, 0.4) is 0 Å². The zero-order chi connectivity index (χ0) is 14.0. The zero-order valence-electron chi connectivity index (χ0n) is 12.4. The summed E-state index contributed by atoms with van der Waals surface area (Å²) < 4.78 is 5.36. The topological polar surface area (TPSA) is 50.5 Å². The third-order valence-electron chi connectivity index (χ3n) is 4.33. The highest BCUT2D eigenvalue weighted by Gasteiger charge is 2.27. The zero-order valence-corrected chi connectivity index (χ0v) is 12.4. The summed E-state index contributed by atoms with van der Waals surface area (Å²) in [6.07, 6.45) is 0. The molecule has 0 aromatic heterocycles. The Morgan fingerprint density at radius 3 is 2.74 bits per heavy atom. The van der Waals surface area contributed by atoms with Gasteiger partial charge in [-0.15, -0.1) is 0 Å². The van der Waals surface area contributed by atoms with Gasteiger partial charge in [0.15, 0.2) is 0 Å². The lowest BCUT2D eigenvalue weighted by Crippen LogP contribution is -2.53. The minimum absolute atomic E-state index is 0.0300. The number of hydrogen-bond acceptors (Lipinski definition) is 4. The highest BCUT2D eigenvalue weighted by Crippen LogP contribution is 2.29. The number of piperazine rings is 1. The number of ether oxygens (including phenoxy) is 1. The third-order valence-corrected chi connectivity index (χ3v) is 4.33. The molecule has 2 rings (SSSR count). The van der Waals surface area contributed by atoms with Gasteiger partial charge >= 0.3 is 0 Å². The highest BCUT2D eigenvalue weighted by molar-refractivity contribution is 5.45. The molecule has 0 radical (unpaired) electrons. The van der Waals surface area contributed by atoms with Gasteiger partial charge in [-0.25, -0.2) is 0 Å². The third kappa shape index (κ3) is 2.76. The van der Waals surface area contributed by atoms with E-state index < -0.39 is 0 Å². The number of likely N-dealkylation sites (N-methyl/N-ethyl adjacent to an activating group) is 1. The second-order valence-corrected chi connectivity index (χ2v) is 5.38. The smallest absolute Gasteiger partial charge is 0.122 e. The molecule has 1 fully saturated rings.